The highest BCUT2D eigenvalue weighted by atomic mass is 32.2. The van der Waals surface area contributed by atoms with Gasteiger partial charge in [0.15, 0.2) is 0 Å². The summed E-state index contributed by atoms with van der Waals surface area (Å²) in [5.74, 6) is 1.91. The number of nitrogens with one attached hydrogen (secondary N) is 2. The average Bonchev–Trinajstić information content (AvgIpc) is 3.48. The lowest BCUT2D eigenvalue weighted by Crippen LogP contribution is -2.25. The van der Waals surface area contributed by atoms with E-state index in [1.54, 1.807) is 36.7 Å². The minimum atomic E-state index is -3.47. The van der Waals surface area contributed by atoms with Crippen LogP contribution < -0.4 is 10.0 Å². The molecule has 2 N–H and O–H groups in total. The van der Waals surface area contributed by atoms with E-state index in [0.29, 0.717) is 24.1 Å². The lowest BCUT2D eigenvalue weighted by molar-refractivity contribution is 0.577. The molecule has 2 heterocycles. The maximum Gasteiger partial charge on any atom is 0.240 e. The van der Waals surface area contributed by atoms with Crippen LogP contribution >= 0.6 is 0 Å². The Morgan fingerprint density at radius 3 is 2.55 bits per heavy atom. The monoisotopic (exact) mass is 412 g/mol. The molecule has 1 aliphatic carbocycles. The van der Waals surface area contributed by atoms with Crippen LogP contribution in [-0.4, -0.2) is 34.5 Å². The molecule has 0 aliphatic heterocycles. The third-order valence-corrected chi connectivity index (χ3v) is 6.44. The fourth-order valence-corrected chi connectivity index (χ4v) is 4.17. The fourth-order valence-electron chi connectivity index (χ4n) is 3.06. The molecule has 152 valence electrons. The number of hydrogen-bond acceptors (Lipinski definition) is 6. The molecule has 0 unspecified atom stereocenters. The number of nitrogens with zero attached hydrogens (tertiary/aromatic N) is 4. The van der Waals surface area contributed by atoms with Crippen LogP contribution in [0.1, 0.15) is 25.6 Å². The molecule has 0 radical (unpaired) electrons. The maximum absolute atomic E-state index is 12.3. The van der Waals surface area contributed by atoms with E-state index >= 15 is 0 Å². The van der Waals surface area contributed by atoms with E-state index in [0.717, 1.165) is 36.5 Å². The largest absolute Gasteiger partial charge is 0.330 e. The van der Waals surface area contributed by atoms with Crippen LogP contribution in [0.2, 0.25) is 0 Å². The molecule has 8 nitrogen and oxygen atoms in total. The summed E-state index contributed by atoms with van der Waals surface area (Å²) in [6.07, 6.45) is 6.53. The van der Waals surface area contributed by atoms with Crippen LogP contribution in [0.25, 0.3) is 11.4 Å². The van der Waals surface area contributed by atoms with E-state index < -0.39 is 10.0 Å². The van der Waals surface area contributed by atoms with Crippen molar-refractivity contribution in [3.8, 4) is 11.4 Å². The lowest BCUT2D eigenvalue weighted by atomic mass is 10.3. The topological polar surface area (TPSA) is 102 Å². The number of aromatic nitrogens is 4. The van der Waals surface area contributed by atoms with E-state index in [4.69, 9.17) is 0 Å². The smallest absolute Gasteiger partial charge is 0.240 e. The second kappa shape index (κ2) is 7.92. The van der Waals surface area contributed by atoms with Crippen LogP contribution in [0.3, 0.4) is 0 Å². The molecule has 0 spiro atoms. The highest BCUT2D eigenvalue weighted by Gasteiger charge is 2.24. The Bertz CT molecular complexity index is 1100. The zero-order chi connectivity index (χ0) is 20.4. The second-order valence-electron chi connectivity index (χ2n) is 7.18. The molecule has 0 bridgehead atoms. The molecule has 0 amide bonds. The molecule has 0 saturated heterocycles. The molecule has 3 aromatic rings. The summed E-state index contributed by atoms with van der Waals surface area (Å²) in [5, 5.41) is 3.13. The summed E-state index contributed by atoms with van der Waals surface area (Å²) in [7, 11) is -1.51. The van der Waals surface area contributed by atoms with Crippen molar-refractivity contribution in [3.05, 3.63) is 48.5 Å². The van der Waals surface area contributed by atoms with Crippen LogP contribution in [0.5, 0.6) is 0 Å². The molecule has 29 heavy (non-hydrogen) atoms. The maximum atomic E-state index is 12.3. The van der Waals surface area contributed by atoms with Gasteiger partial charge in [0.1, 0.15) is 5.82 Å². The number of benzene rings is 1. The number of imidazole rings is 1. The standard InChI is InChI=1S/C20H24N6O2S/c1-3-19-22-13-18(26(19)2)17-10-11-21-20(25-17)24-15-6-8-16(9-7-15)29(27,28)23-12-14-4-5-14/h6-11,13-14,23H,3-5,12H2,1-2H3,(H,21,24,25). The SMILES string of the molecule is CCc1ncc(-c2ccnc(Nc3ccc(S(=O)(=O)NCC4CC4)cc3)n2)n1C. The van der Waals surface area contributed by atoms with Crippen molar-refractivity contribution < 1.29 is 8.42 Å². The van der Waals surface area contributed by atoms with Gasteiger partial charge < -0.3 is 9.88 Å². The van der Waals surface area contributed by atoms with Crippen molar-refractivity contribution in [2.45, 2.75) is 31.1 Å². The number of hydrogen-bond donors (Lipinski definition) is 2. The Morgan fingerprint density at radius 1 is 1.14 bits per heavy atom. The third kappa shape index (κ3) is 4.46. The van der Waals surface area contributed by atoms with Crippen LogP contribution in [0.15, 0.2) is 47.6 Å². The fraction of sp³-hybridized carbons (Fsp3) is 0.350. The van der Waals surface area contributed by atoms with Gasteiger partial charge in [0.05, 0.1) is 22.5 Å². The van der Waals surface area contributed by atoms with Gasteiger partial charge in [-0.05, 0) is 49.1 Å². The van der Waals surface area contributed by atoms with Crippen molar-refractivity contribution in [2.24, 2.45) is 13.0 Å². The zero-order valence-electron chi connectivity index (χ0n) is 16.5. The average molecular weight is 413 g/mol. The number of sulfonamides is 1. The van der Waals surface area contributed by atoms with Gasteiger partial charge in [-0.1, -0.05) is 6.92 Å². The summed E-state index contributed by atoms with van der Waals surface area (Å²) in [5.41, 5.74) is 2.39. The van der Waals surface area contributed by atoms with Gasteiger partial charge in [-0.25, -0.2) is 28.1 Å². The van der Waals surface area contributed by atoms with Gasteiger partial charge in [-0.2, -0.15) is 0 Å². The van der Waals surface area contributed by atoms with Crippen LogP contribution in [-0.2, 0) is 23.5 Å². The van der Waals surface area contributed by atoms with E-state index in [1.165, 1.54) is 0 Å². The number of rotatable bonds is 8. The summed E-state index contributed by atoms with van der Waals surface area (Å²) in [6, 6.07) is 8.41. The molecule has 1 aliphatic rings. The summed E-state index contributed by atoms with van der Waals surface area (Å²) >= 11 is 0. The summed E-state index contributed by atoms with van der Waals surface area (Å²) in [6.45, 7) is 2.57. The van der Waals surface area contributed by atoms with Crippen molar-refractivity contribution in [1.82, 2.24) is 24.2 Å². The van der Waals surface area contributed by atoms with Gasteiger partial charge in [0, 0.05) is 31.9 Å². The Hall–Kier alpha value is -2.78. The highest BCUT2D eigenvalue weighted by molar-refractivity contribution is 7.89. The minimum absolute atomic E-state index is 0.250. The van der Waals surface area contributed by atoms with Crippen LogP contribution in [0.4, 0.5) is 11.6 Å². The van der Waals surface area contributed by atoms with Gasteiger partial charge in [0.25, 0.3) is 0 Å². The van der Waals surface area contributed by atoms with Gasteiger partial charge in [-0.15, -0.1) is 0 Å². The van der Waals surface area contributed by atoms with Gasteiger partial charge in [0.2, 0.25) is 16.0 Å². The Labute approximate surface area is 170 Å². The molecule has 0 atom stereocenters. The first-order valence-corrected chi connectivity index (χ1v) is 11.2. The van der Waals surface area contributed by atoms with Crippen molar-refractivity contribution in [2.75, 3.05) is 11.9 Å². The van der Waals surface area contributed by atoms with Gasteiger partial charge >= 0.3 is 0 Å². The number of anilines is 2. The minimum Gasteiger partial charge on any atom is -0.330 e. The van der Waals surface area contributed by atoms with E-state index in [9.17, 15) is 8.42 Å². The zero-order valence-corrected chi connectivity index (χ0v) is 17.3. The first-order chi connectivity index (χ1) is 14.0. The molecule has 4 rings (SSSR count). The molecule has 1 saturated carbocycles. The summed E-state index contributed by atoms with van der Waals surface area (Å²) in [4.78, 5) is 13.5. The van der Waals surface area contributed by atoms with Crippen molar-refractivity contribution >= 4 is 21.7 Å². The Balaban J connectivity index is 1.48. The van der Waals surface area contributed by atoms with Crippen molar-refractivity contribution in [1.29, 1.82) is 0 Å². The first kappa shape index (κ1) is 19.5. The summed E-state index contributed by atoms with van der Waals surface area (Å²) < 4.78 is 29.3. The van der Waals surface area contributed by atoms with E-state index in [2.05, 4.69) is 31.9 Å². The first-order valence-electron chi connectivity index (χ1n) is 9.67. The van der Waals surface area contributed by atoms with Crippen molar-refractivity contribution in [3.63, 3.8) is 0 Å². The van der Waals surface area contributed by atoms with E-state index in [-0.39, 0.29) is 4.90 Å². The van der Waals surface area contributed by atoms with Crippen LogP contribution in [0, 0.1) is 5.92 Å². The molecule has 9 heteroatoms. The lowest BCUT2D eigenvalue weighted by Gasteiger charge is -2.09. The van der Waals surface area contributed by atoms with Gasteiger partial charge in [-0.3, -0.25) is 0 Å². The highest BCUT2D eigenvalue weighted by Crippen LogP contribution is 2.28. The molecule has 1 aromatic carbocycles. The molecule has 1 fully saturated rings. The molecular weight excluding hydrogens is 388 g/mol. The Morgan fingerprint density at radius 2 is 1.90 bits per heavy atom. The third-order valence-electron chi connectivity index (χ3n) is 5.00. The predicted octanol–water partition coefficient (Wildman–Crippen LogP) is 2.87. The molecular formula is C20H24N6O2S. The van der Waals surface area contributed by atoms with E-state index in [1.807, 2.05) is 17.7 Å². The second-order valence-corrected chi connectivity index (χ2v) is 8.95. The predicted molar refractivity (Wildman–Crippen MR) is 111 cm³/mol. The Kier molecular flexibility index (Phi) is 5.33. The quantitative estimate of drug-likeness (QED) is 0.590. The normalized spacial score (nSPS) is 14.1. The number of aryl methyl sites for hydroxylation is 1. The molecule has 2 aromatic heterocycles.